The van der Waals surface area contributed by atoms with Crippen LogP contribution in [-0.4, -0.2) is 16.5 Å². The van der Waals surface area contributed by atoms with E-state index in [2.05, 4.69) is 15.9 Å². The molecule has 4 aliphatic carbocycles. The van der Waals surface area contributed by atoms with Crippen molar-refractivity contribution in [2.45, 2.75) is 51.0 Å². The molecule has 0 aromatic heterocycles. The Morgan fingerprint density at radius 3 is 2.55 bits per heavy atom. The van der Waals surface area contributed by atoms with Gasteiger partial charge in [-0.15, -0.1) is 0 Å². The van der Waals surface area contributed by atoms with Crippen molar-refractivity contribution in [3.63, 3.8) is 0 Å². The van der Waals surface area contributed by atoms with Crippen LogP contribution in [-0.2, 0) is 0 Å². The number of carbonyl (C=O) groups excluding carboxylic acids is 1. The predicted molar refractivity (Wildman–Crippen MR) is 89.8 cm³/mol. The van der Waals surface area contributed by atoms with Gasteiger partial charge in [0.1, 0.15) is 0 Å². The van der Waals surface area contributed by atoms with Gasteiger partial charge in [0.25, 0.3) is 0 Å². The minimum atomic E-state index is -0.399. The number of rotatable bonds is 3. The van der Waals surface area contributed by atoms with Crippen molar-refractivity contribution in [3.8, 4) is 0 Å². The van der Waals surface area contributed by atoms with Gasteiger partial charge in [-0.1, -0.05) is 22.0 Å². The van der Waals surface area contributed by atoms with Crippen LogP contribution in [0.2, 0.25) is 0 Å². The Morgan fingerprint density at radius 1 is 1.27 bits per heavy atom. The summed E-state index contributed by atoms with van der Waals surface area (Å²) in [6, 6.07) is 5.93. The molecule has 0 saturated heterocycles. The highest BCUT2D eigenvalue weighted by Gasteiger charge is 2.54. The monoisotopic (exact) mass is 362 g/mol. The van der Waals surface area contributed by atoms with Gasteiger partial charge in [0, 0.05) is 16.5 Å². The van der Waals surface area contributed by atoms with E-state index in [0.717, 1.165) is 34.9 Å². The molecule has 2 atom stereocenters. The highest BCUT2D eigenvalue weighted by molar-refractivity contribution is 9.10. The summed E-state index contributed by atoms with van der Waals surface area (Å²) in [7, 11) is 0. The van der Waals surface area contributed by atoms with Gasteiger partial charge in [0.15, 0.2) is 5.78 Å². The number of hydrogen-bond donors (Lipinski definition) is 1. The van der Waals surface area contributed by atoms with E-state index in [1.54, 1.807) is 0 Å². The van der Waals surface area contributed by atoms with Gasteiger partial charge in [-0.2, -0.15) is 0 Å². The van der Waals surface area contributed by atoms with Crippen molar-refractivity contribution in [2.24, 2.45) is 23.7 Å². The lowest BCUT2D eigenvalue weighted by atomic mass is 9.49. The first kappa shape index (κ1) is 14.9. The van der Waals surface area contributed by atoms with Gasteiger partial charge in [-0.25, -0.2) is 0 Å². The van der Waals surface area contributed by atoms with Crippen LogP contribution in [0.1, 0.15) is 54.4 Å². The van der Waals surface area contributed by atoms with E-state index in [1.165, 1.54) is 12.8 Å². The maximum atomic E-state index is 12.8. The lowest BCUT2D eigenvalue weighted by Gasteiger charge is -2.58. The zero-order chi connectivity index (χ0) is 15.5. The van der Waals surface area contributed by atoms with Gasteiger partial charge in [-0.3, -0.25) is 4.79 Å². The first-order valence-electron chi connectivity index (χ1n) is 8.45. The minimum Gasteiger partial charge on any atom is -0.390 e. The van der Waals surface area contributed by atoms with Crippen LogP contribution in [0, 0.1) is 30.6 Å². The smallest absolute Gasteiger partial charge is 0.163 e. The van der Waals surface area contributed by atoms with E-state index in [-0.39, 0.29) is 5.78 Å². The second-order valence-electron chi connectivity index (χ2n) is 7.94. The second-order valence-corrected chi connectivity index (χ2v) is 8.86. The van der Waals surface area contributed by atoms with Crippen LogP contribution in [0.25, 0.3) is 0 Å². The molecule has 4 bridgehead atoms. The summed E-state index contributed by atoms with van der Waals surface area (Å²) in [5, 5.41) is 10.7. The maximum Gasteiger partial charge on any atom is 0.163 e. The molecule has 118 valence electrons. The van der Waals surface area contributed by atoms with Crippen molar-refractivity contribution >= 4 is 21.7 Å². The molecule has 1 N–H and O–H groups in total. The molecule has 1 aromatic rings. The first-order valence-corrected chi connectivity index (χ1v) is 9.24. The number of aliphatic hydroxyl groups is 1. The average Bonchev–Trinajstić information content (AvgIpc) is 2.40. The highest BCUT2D eigenvalue weighted by Crippen LogP contribution is 2.59. The van der Waals surface area contributed by atoms with Crippen molar-refractivity contribution in [3.05, 3.63) is 33.8 Å². The molecule has 5 rings (SSSR count). The molecule has 0 amide bonds. The van der Waals surface area contributed by atoms with Gasteiger partial charge in [-0.05, 0) is 80.4 Å². The fourth-order valence-electron chi connectivity index (χ4n) is 5.68. The van der Waals surface area contributed by atoms with E-state index in [1.807, 2.05) is 25.1 Å². The zero-order valence-corrected chi connectivity index (χ0v) is 14.6. The summed E-state index contributed by atoms with van der Waals surface area (Å²) in [6.45, 7) is 2.01. The molecule has 3 heteroatoms. The molecule has 4 fully saturated rings. The summed E-state index contributed by atoms with van der Waals surface area (Å²) in [5.41, 5.74) is 1.53. The van der Waals surface area contributed by atoms with E-state index < -0.39 is 5.60 Å². The highest BCUT2D eigenvalue weighted by atomic mass is 79.9. The molecule has 0 spiro atoms. The maximum absolute atomic E-state index is 12.8. The van der Waals surface area contributed by atoms with E-state index >= 15 is 0 Å². The minimum absolute atomic E-state index is 0.287. The quantitative estimate of drug-likeness (QED) is 0.802. The Morgan fingerprint density at radius 2 is 1.95 bits per heavy atom. The third kappa shape index (κ3) is 2.46. The van der Waals surface area contributed by atoms with Crippen LogP contribution in [0.15, 0.2) is 22.7 Å². The summed E-state index contributed by atoms with van der Waals surface area (Å²) in [6.07, 6.45) is 5.99. The number of Topliss-reactive ketones (excluding diaryl/α,β-unsaturated/α-hetero) is 1. The summed E-state index contributed by atoms with van der Waals surface area (Å²) >= 11 is 3.46. The van der Waals surface area contributed by atoms with E-state index in [0.29, 0.717) is 30.1 Å². The molecule has 0 radical (unpaired) electrons. The number of benzene rings is 1. The van der Waals surface area contributed by atoms with E-state index in [4.69, 9.17) is 0 Å². The van der Waals surface area contributed by atoms with Gasteiger partial charge >= 0.3 is 0 Å². The van der Waals surface area contributed by atoms with E-state index in [9.17, 15) is 9.90 Å². The second kappa shape index (κ2) is 5.17. The molecule has 0 aliphatic heterocycles. The fourth-order valence-corrected chi connectivity index (χ4v) is 6.16. The third-order valence-corrected chi connectivity index (χ3v) is 6.84. The Labute approximate surface area is 140 Å². The van der Waals surface area contributed by atoms with Crippen molar-refractivity contribution in [2.75, 3.05) is 0 Å². The number of aryl methyl sites for hydroxylation is 1. The van der Waals surface area contributed by atoms with Gasteiger partial charge < -0.3 is 5.11 Å². The number of halogens is 1. The topological polar surface area (TPSA) is 37.3 Å². The Hall–Kier alpha value is -0.670. The lowest BCUT2D eigenvalue weighted by molar-refractivity contribution is -0.151. The van der Waals surface area contributed by atoms with Crippen molar-refractivity contribution < 1.29 is 9.90 Å². The van der Waals surface area contributed by atoms with Crippen LogP contribution in [0.5, 0.6) is 0 Å². The average molecular weight is 363 g/mol. The van der Waals surface area contributed by atoms with Crippen LogP contribution in [0.3, 0.4) is 0 Å². The first-order chi connectivity index (χ1) is 10.4. The molecular weight excluding hydrogens is 340 g/mol. The molecule has 1 aromatic carbocycles. The Bertz CT molecular complexity index is 608. The third-order valence-electron chi connectivity index (χ3n) is 6.35. The molecule has 4 aliphatic rings. The normalized spacial score (nSPS) is 39.2. The lowest BCUT2D eigenvalue weighted by Crippen LogP contribution is -2.54. The van der Waals surface area contributed by atoms with Crippen molar-refractivity contribution in [1.29, 1.82) is 0 Å². The SMILES string of the molecule is Cc1cc(Br)ccc1C(=O)CC1C2CC3CC1CC(O)(C3)C2. The van der Waals surface area contributed by atoms with Gasteiger partial charge in [0.05, 0.1) is 5.60 Å². The summed E-state index contributed by atoms with van der Waals surface area (Å²) in [5.74, 6) is 2.62. The molecular formula is C19H23BrO2. The number of hydrogen-bond acceptors (Lipinski definition) is 2. The Balaban J connectivity index is 1.53. The zero-order valence-electron chi connectivity index (χ0n) is 13.0. The summed E-state index contributed by atoms with van der Waals surface area (Å²) in [4.78, 5) is 12.8. The standard InChI is InChI=1S/C19H23BrO2/c1-11-4-15(20)2-3-16(11)18(21)7-17-13-5-12-6-14(17)10-19(22,8-12)9-13/h2-4,12-14,17,22H,5-10H2,1H3. The van der Waals surface area contributed by atoms with Crippen LogP contribution >= 0.6 is 15.9 Å². The van der Waals surface area contributed by atoms with Crippen LogP contribution < -0.4 is 0 Å². The van der Waals surface area contributed by atoms with Gasteiger partial charge in [0.2, 0.25) is 0 Å². The van der Waals surface area contributed by atoms with Crippen LogP contribution in [0.4, 0.5) is 0 Å². The Kier molecular flexibility index (Phi) is 3.50. The fraction of sp³-hybridized carbons (Fsp3) is 0.632. The number of carbonyl (C=O) groups is 1. The molecule has 22 heavy (non-hydrogen) atoms. The van der Waals surface area contributed by atoms with Crippen molar-refractivity contribution in [1.82, 2.24) is 0 Å². The largest absolute Gasteiger partial charge is 0.390 e. The summed E-state index contributed by atoms with van der Waals surface area (Å²) < 4.78 is 1.03. The number of ketones is 1. The molecule has 2 unspecified atom stereocenters. The molecule has 2 nitrogen and oxygen atoms in total. The molecule has 0 heterocycles. The molecule has 4 saturated carbocycles. The predicted octanol–water partition coefficient (Wildman–Crippen LogP) is 4.52.